The van der Waals surface area contributed by atoms with E-state index in [-0.39, 0.29) is 19.2 Å². The predicted molar refractivity (Wildman–Crippen MR) is 130 cm³/mol. The van der Waals surface area contributed by atoms with E-state index in [0.29, 0.717) is 31.7 Å². The number of hydrogen-bond acceptors (Lipinski definition) is 7. The second-order valence-electron chi connectivity index (χ2n) is 9.72. The minimum absolute atomic E-state index is 0.0631. The Hall–Kier alpha value is -2.25. The van der Waals surface area contributed by atoms with Crippen molar-refractivity contribution in [2.24, 2.45) is 11.7 Å². The first-order chi connectivity index (χ1) is 16.4. The molecule has 1 aromatic rings. The molecular formula is C27H40N2O5. The fourth-order valence-corrected chi connectivity index (χ4v) is 5.57. The quantitative estimate of drug-likeness (QED) is 0.387. The number of ketones is 1. The third kappa shape index (κ3) is 6.05. The van der Waals surface area contributed by atoms with E-state index in [1.165, 1.54) is 32.1 Å². The molecule has 7 heteroatoms. The molecule has 2 fully saturated rings. The molecule has 1 heterocycles. The molecule has 34 heavy (non-hydrogen) atoms. The van der Waals surface area contributed by atoms with Gasteiger partial charge >= 0.3 is 11.9 Å². The smallest absolute Gasteiger partial charge is 0.334 e. The van der Waals surface area contributed by atoms with Crippen LogP contribution in [0.1, 0.15) is 77.2 Å². The van der Waals surface area contributed by atoms with Crippen LogP contribution in [-0.4, -0.2) is 53.4 Å². The highest BCUT2D eigenvalue weighted by molar-refractivity contribution is 6.11. The molecule has 3 atom stereocenters. The molecule has 0 aromatic heterocycles. The number of rotatable bonds is 11. The standard InChI is InChI=1S/C27H40N2O5/c1-3-33-25(31)23(16-15-21-11-6-4-7-12-21)29-18-10-17-27(29,24(30)20(2)28)26(32)34-19-22-13-8-5-9-14-22/h5,8-9,13-14,20-21,23H,3-4,6-7,10-12,15-19,28H2,1-2H3/t20-,23+,27-/m0/s1. The van der Waals surface area contributed by atoms with Crippen molar-refractivity contribution in [3.63, 3.8) is 0 Å². The number of benzene rings is 1. The van der Waals surface area contributed by atoms with E-state index < -0.39 is 29.4 Å². The summed E-state index contributed by atoms with van der Waals surface area (Å²) in [5, 5.41) is 0. The summed E-state index contributed by atoms with van der Waals surface area (Å²) in [7, 11) is 0. The Labute approximate surface area is 203 Å². The topological polar surface area (TPSA) is 98.9 Å². The van der Waals surface area contributed by atoms with Gasteiger partial charge in [-0.2, -0.15) is 0 Å². The number of esters is 2. The second kappa shape index (κ2) is 12.5. The van der Waals surface area contributed by atoms with Crippen molar-refractivity contribution in [2.45, 2.75) is 95.9 Å². The van der Waals surface area contributed by atoms with E-state index in [1.54, 1.807) is 18.7 Å². The highest BCUT2D eigenvalue weighted by Crippen LogP contribution is 2.37. The number of carbonyl (C=O) groups is 3. The monoisotopic (exact) mass is 472 g/mol. The lowest BCUT2D eigenvalue weighted by molar-refractivity contribution is -0.168. The van der Waals surface area contributed by atoms with Crippen LogP contribution in [0.25, 0.3) is 0 Å². The van der Waals surface area contributed by atoms with Gasteiger partial charge in [0, 0.05) is 6.54 Å². The van der Waals surface area contributed by atoms with Gasteiger partial charge in [-0.3, -0.25) is 14.5 Å². The first-order valence-electron chi connectivity index (χ1n) is 12.8. The van der Waals surface area contributed by atoms with Crippen LogP contribution in [0.5, 0.6) is 0 Å². The zero-order valence-corrected chi connectivity index (χ0v) is 20.7. The number of hydrogen-bond donors (Lipinski definition) is 1. The third-order valence-electron chi connectivity index (χ3n) is 7.31. The van der Waals surface area contributed by atoms with Crippen molar-refractivity contribution in [2.75, 3.05) is 13.2 Å². The first-order valence-corrected chi connectivity index (χ1v) is 12.8. The number of nitrogens with zero attached hydrogens (tertiary/aromatic N) is 1. The molecule has 0 amide bonds. The maximum atomic E-state index is 13.6. The van der Waals surface area contributed by atoms with Crippen LogP contribution in [0.2, 0.25) is 0 Å². The fourth-order valence-electron chi connectivity index (χ4n) is 5.57. The average molecular weight is 473 g/mol. The minimum Gasteiger partial charge on any atom is -0.465 e. The van der Waals surface area contributed by atoms with Crippen LogP contribution < -0.4 is 5.73 Å². The molecule has 1 aliphatic heterocycles. The number of Topliss-reactive ketones (excluding diaryl/α,β-unsaturated/α-hetero) is 1. The average Bonchev–Trinajstić information content (AvgIpc) is 3.29. The summed E-state index contributed by atoms with van der Waals surface area (Å²) in [6.45, 7) is 4.13. The van der Waals surface area contributed by atoms with E-state index in [1.807, 2.05) is 30.3 Å². The van der Waals surface area contributed by atoms with Gasteiger partial charge in [0.05, 0.1) is 12.6 Å². The summed E-state index contributed by atoms with van der Waals surface area (Å²) < 4.78 is 11.1. The lowest BCUT2D eigenvalue weighted by Crippen LogP contribution is -2.65. The van der Waals surface area contributed by atoms with Crippen LogP contribution in [0.15, 0.2) is 30.3 Å². The Morgan fingerprint density at radius 3 is 2.44 bits per heavy atom. The van der Waals surface area contributed by atoms with Gasteiger partial charge in [-0.25, -0.2) is 4.79 Å². The molecule has 1 saturated carbocycles. The van der Waals surface area contributed by atoms with Gasteiger partial charge < -0.3 is 15.2 Å². The van der Waals surface area contributed by atoms with Crippen LogP contribution in [0.4, 0.5) is 0 Å². The normalized spacial score (nSPS) is 23.3. The number of likely N-dealkylation sites (tertiary alicyclic amines) is 1. The van der Waals surface area contributed by atoms with Gasteiger partial charge in [0.25, 0.3) is 0 Å². The van der Waals surface area contributed by atoms with Crippen molar-refractivity contribution in [3.05, 3.63) is 35.9 Å². The largest absolute Gasteiger partial charge is 0.465 e. The van der Waals surface area contributed by atoms with Gasteiger partial charge in [-0.05, 0) is 51.0 Å². The van der Waals surface area contributed by atoms with E-state index in [2.05, 4.69) is 0 Å². The zero-order chi connectivity index (χ0) is 24.6. The lowest BCUT2D eigenvalue weighted by atomic mass is 9.83. The summed E-state index contributed by atoms with van der Waals surface area (Å²) in [5.41, 5.74) is 5.31. The van der Waals surface area contributed by atoms with E-state index in [9.17, 15) is 14.4 Å². The molecule has 188 valence electrons. The van der Waals surface area contributed by atoms with Gasteiger partial charge in [-0.15, -0.1) is 0 Å². The van der Waals surface area contributed by atoms with E-state index in [0.717, 1.165) is 12.0 Å². The zero-order valence-electron chi connectivity index (χ0n) is 20.7. The Balaban J connectivity index is 1.86. The fraction of sp³-hybridized carbons (Fsp3) is 0.667. The van der Waals surface area contributed by atoms with E-state index in [4.69, 9.17) is 15.2 Å². The third-order valence-corrected chi connectivity index (χ3v) is 7.31. The lowest BCUT2D eigenvalue weighted by Gasteiger charge is -2.40. The SMILES string of the molecule is CCOC(=O)[C@@H](CCC1CCCCC1)N1CCC[C@@]1(C(=O)OCc1ccccc1)C(=O)[C@H](C)N. The number of ether oxygens (including phenoxy) is 2. The molecule has 2 N–H and O–H groups in total. The highest BCUT2D eigenvalue weighted by Gasteiger charge is 2.58. The summed E-state index contributed by atoms with van der Waals surface area (Å²) in [6, 6.07) is 7.84. The molecule has 7 nitrogen and oxygen atoms in total. The van der Waals surface area contributed by atoms with Crippen molar-refractivity contribution in [3.8, 4) is 0 Å². The van der Waals surface area contributed by atoms with Crippen LogP contribution in [0, 0.1) is 5.92 Å². The molecule has 3 rings (SSSR count). The van der Waals surface area contributed by atoms with Crippen LogP contribution >= 0.6 is 0 Å². The molecule has 1 aromatic carbocycles. The van der Waals surface area contributed by atoms with Crippen molar-refractivity contribution in [1.29, 1.82) is 0 Å². The minimum atomic E-state index is -1.56. The number of nitrogens with two attached hydrogens (primary N) is 1. The Kier molecular flexibility index (Phi) is 9.65. The summed E-state index contributed by atoms with van der Waals surface area (Å²) in [5.74, 6) is -0.826. The summed E-state index contributed by atoms with van der Waals surface area (Å²) in [6.07, 6.45) is 8.37. The Morgan fingerprint density at radius 2 is 1.79 bits per heavy atom. The van der Waals surface area contributed by atoms with Crippen molar-refractivity contribution in [1.82, 2.24) is 4.90 Å². The molecule has 1 aliphatic carbocycles. The van der Waals surface area contributed by atoms with Crippen molar-refractivity contribution >= 4 is 17.7 Å². The molecule has 0 bridgehead atoms. The molecule has 1 saturated heterocycles. The summed E-state index contributed by atoms with van der Waals surface area (Å²) >= 11 is 0. The van der Waals surface area contributed by atoms with Gasteiger partial charge in [0.15, 0.2) is 11.3 Å². The van der Waals surface area contributed by atoms with Crippen molar-refractivity contribution < 1.29 is 23.9 Å². The molecule has 0 unspecified atom stereocenters. The van der Waals surface area contributed by atoms with Gasteiger partial charge in [0.1, 0.15) is 12.6 Å². The second-order valence-corrected chi connectivity index (χ2v) is 9.72. The molecule has 2 aliphatic rings. The molecular weight excluding hydrogens is 432 g/mol. The summed E-state index contributed by atoms with van der Waals surface area (Å²) in [4.78, 5) is 42.0. The predicted octanol–water partition coefficient (Wildman–Crippen LogP) is 3.77. The Bertz CT molecular complexity index is 822. The highest BCUT2D eigenvalue weighted by atomic mass is 16.5. The molecule has 0 radical (unpaired) electrons. The maximum absolute atomic E-state index is 13.6. The molecule has 0 spiro atoms. The maximum Gasteiger partial charge on any atom is 0.334 e. The van der Waals surface area contributed by atoms with Crippen LogP contribution in [-0.2, 0) is 30.5 Å². The number of carbonyl (C=O) groups excluding carboxylic acids is 3. The van der Waals surface area contributed by atoms with E-state index >= 15 is 0 Å². The van der Waals surface area contributed by atoms with Gasteiger partial charge in [0.2, 0.25) is 0 Å². The van der Waals surface area contributed by atoms with Crippen LogP contribution in [0.3, 0.4) is 0 Å². The first kappa shape index (κ1) is 26.4. The van der Waals surface area contributed by atoms with Gasteiger partial charge in [-0.1, -0.05) is 62.4 Å². The Morgan fingerprint density at radius 1 is 1.09 bits per heavy atom.